The van der Waals surface area contributed by atoms with E-state index in [0.717, 1.165) is 16.9 Å². The molecule has 4 heteroatoms. The van der Waals surface area contributed by atoms with E-state index < -0.39 is 5.54 Å². The zero-order valence-electron chi connectivity index (χ0n) is 12.4. The minimum atomic E-state index is -0.810. The van der Waals surface area contributed by atoms with Crippen LogP contribution in [0.1, 0.15) is 12.5 Å². The molecule has 0 spiro atoms. The Kier molecular flexibility index (Phi) is 4.40. The molecule has 2 aromatic carbocycles. The lowest BCUT2D eigenvalue weighted by Gasteiger charge is -2.26. The molecular weight excluding hydrogens is 282 g/mol. The Hall–Kier alpha value is -2.18. The number of benzene rings is 2. The predicted octanol–water partition coefficient (Wildman–Crippen LogP) is 4.26. The lowest BCUT2D eigenvalue weighted by molar-refractivity contribution is 0.706. The van der Waals surface area contributed by atoms with Gasteiger partial charge in [0, 0.05) is 30.5 Å². The summed E-state index contributed by atoms with van der Waals surface area (Å²) in [5, 5.41) is 13.5. The Morgan fingerprint density at radius 2 is 1.81 bits per heavy atom. The van der Waals surface area contributed by atoms with Gasteiger partial charge in [0.1, 0.15) is 5.54 Å². The number of nitrogens with zero attached hydrogens (tertiary/aromatic N) is 2. The van der Waals surface area contributed by atoms with Crippen LogP contribution in [0.4, 0.5) is 11.4 Å². The van der Waals surface area contributed by atoms with Crippen molar-refractivity contribution in [1.82, 2.24) is 0 Å². The van der Waals surface area contributed by atoms with Crippen LogP contribution in [-0.4, -0.2) is 14.1 Å². The molecular formula is C17H18ClN3. The number of hydrogen-bond donors (Lipinski definition) is 1. The van der Waals surface area contributed by atoms with Crippen LogP contribution in [0.15, 0.2) is 48.5 Å². The molecule has 2 rings (SSSR count). The van der Waals surface area contributed by atoms with Crippen LogP contribution in [-0.2, 0) is 5.54 Å². The van der Waals surface area contributed by atoms with Gasteiger partial charge in [-0.15, -0.1) is 0 Å². The zero-order chi connectivity index (χ0) is 15.5. The van der Waals surface area contributed by atoms with Crippen molar-refractivity contribution >= 4 is 23.0 Å². The summed E-state index contributed by atoms with van der Waals surface area (Å²) in [5.41, 5.74) is 2.02. The first-order valence-electron chi connectivity index (χ1n) is 6.67. The van der Waals surface area contributed by atoms with Crippen molar-refractivity contribution in [2.24, 2.45) is 0 Å². The third-order valence-electron chi connectivity index (χ3n) is 3.40. The molecule has 0 aromatic heterocycles. The van der Waals surface area contributed by atoms with Gasteiger partial charge < -0.3 is 10.2 Å². The van der Waals surface area contributed by atoms with Crippen LogP contribution in [0.25, 0.3) is 0 Å². The highest BCUT2D eigenvalue weighted by Gasteiger charge is 2.26. The highest BCUT2D eigenvalue weighted by molar-refractivity contribution is 6.30. The van der Waals surface area contributed by atoms with Gasteiger partial charge in [-0.2, -0.15) is 5.26 Å². The van der Waals surface area contributed by atoms with Crippen LogP contribution in [0.2, 0.25) is 5.02 Å². The summed E-state index contributed by atoms with van der Waals surface area (Å²) >= 11 is 5.99. The smallest absolute Gasteiger partial charge is 0.148 e. The highest BCUT2D eigenvalue weighted by atomic mass is 35.5. The maximum absolute atomic E-state index is 9.59. The average molecular weight is 300 g/mol. The van der Waals surface area contributed by atoms with E-state index in [4.69, 9.17) is 11.6 Å². The second-order valence-electron chi connectivity index (χ2n) is 5.31. The summed E-state index contributed by atoms with van der Waals surface area (Å²) in [4.78, 5) is 2.03. The van der Waals surface area contributed by atoms with Gasteiger partial charge in [0.05, 0.1) is 6.07 Å². The van der Waals surface area contributed by atoms with Crippen molar-refractivity contribution in [2.75, 3.05) is 24.3 Å². The van der Waals surface area contributed by atoms with Gasteiger partial charge >= 0.3 is 0 Å². The summed E-state index contributed by atoms with van der Waals surface area (Å²) in [6.45, 7) is 1.86. The summed E-state index contributed by atoms with van der Waals surface area (Å²) in [7, 11) is 3.98. The number of rotatable bonds is 4. The molecule has 1 atom stereocenters. The molecule has 21 heavy (non-hydrogen) atoms. The Morgan fingerprint density at radius 3 is 2.33 bits per heavy atom. The van der Waals surface area contributed by atoms with E-state index in [1.54, 1.807) is 0 Å². The van der Waals surface area contributed by atoms with Crippen LogP contribution in [0, 0.1) is 11.3 Å². The monoisotopic (exact) mass is 299 g/mol. The van der Waals surface area contributed by atoms with Crippen LogP contribution < -0.4 is 10.2 Å². The molecule has 1 N–H and O–H groups in total. The molecule has 0 radical (unpaired) electrons. The first-order chi connectivity index (χ1) is 9.94. The minimum Gasteiger partial charge on any atom is -0.378 e. The lowest BCUT2D eigenvalue weighted by atomic mass is 9.93. The summed E-state index contributed by atoms with van der Waals surface area (Å²) in [6.07, 6.45) is 0. The van der Waals surface area contributed by atoms with Gasteiger partial charge in [-0.25, -0.2) is 0 Å². The normalized spacial score (nSPS) is 13.1. The maximum atomic E-state index is 9.59. The molecule has 0 bridgehead atoms. The maximum Gasteiger partial charge on any atom is 0.148 e. The Balaban J connectivity index is 2.30. The fraction of sp³-hybridized carbons (Fsp3) is 0.235. The third kappa shape index (κ3) is 3.48. The number of nitriles is 1. The van der Waals surface area contributed by atoms with Crippen LogP contribution >= 0.6 is 11.6 Å². The first-order valence-corrected chi connectivity index (χ1v) is 7.05. The molecule has 0 aliphatic rings. The van der Waals surface area contributed by atoms with Gasteiger partial charge in [-0.05, 0) is 42.8 Å². The summed E-state index contributed by atoms with van der Waals surface area (Å²) in [5.74, 6) is 0. The summed E-state index contributed by atoms with van der Waals surface area (Å²) < 4.78 is 0. The Morgan fingerprint density at radius 1 is 1.14 bits per heavy atom. The first kappa shape index (κ1) is 15.2. The standard InChI is InChI=1S/C17H18ClN3/c1-17(12-19,20-15-6-4-5-14(18)11-15)13-7-9-16(10-8-13)21(2)3/h4-11,20H,1-3H3. The van der Waals surface area contributed by atoms with E-state index in [-0.39, 0.29) is 0 Å². The fourth-order valence-electron chi connectivity index (χ4n) is 2.11. The van der Waals surface area contributed by atoms with E-state index >= 15 is 0 Å². The molecule has 1 unspecified atom stereocenters. The van der Waals surface area contributed by atoms with E-state index in [0.29, 0.717) is 5.02 Å². The number of anilines is 2. The summed E-state index contributed by atoms with van der Waals surface area (Å²) in [6, 6.07) is 17.7. The van der Waals surface area contributed by atoms with Gasteiger partial charge in [-0.1, -0.05) is 29.8 Å². The molecule has 108 valence electrons. The Labute approximate surface area is 130 Å². The predicted molar refractivity (Wildman–Crippen MR) is 88.8 cm³/mol. The number of nitrogens with one attached hydrogen (secondary N) is 1. The zero-order valence-corrected chi connectivity index (χ0v) is 13.1. The van der Waals surface area contributed by atoms with Gasteiger partial charge in [0.2, 0.25) is 0 Å². The number of halogens is 1. The van der Waals surface area contributed by atoms with Crippen molar-refractivity contribution in [3.05, 3.63) is 59.1 Å². The molecule has 2 aromatic rings. The fourth-order valence-corrected chi connectivity index (χ4v) is 2.30. The Bertz CT molecular complexity index is 658. The molecule has 0 amide bonds. The lowest BCUT2D eigenvalue weighted by Crippen LogP contribution is -2.30. The van der Waals surface area contributed by atoms with E-state index in [2.05, 4.69) is 11.4 Å². The van der Waals surface area contributed by atoms with Crippen molar-refractivity contribution < 1.29 is 0 Å². The molecule has 0 heterocycles. The van der Waals surface area contributed by atoms with Crippen molar-refractivity contribution in [3.8, 4) is 6.07 Å². The quantitative estimate of drug-likeness (QED) is 0.917. The van der Waals surface area contributed by atoms with Gasteiger partial charge in [0.25, 0.3) is 0 Å². The molecule has 3 nitrogen and oxygen atoms in total. The minimum absolute atomic E-state index is 0.642. The molecule has 0 saturated heterocycles. The van der Waals surface area contributed by atoms with E-state index in [9.17, 15) is 5.26 Å². The second-order valence-corrected chi connectivity index (χ2v) is 5.75. The molecule has 0 aliphatic carbocycles. The third-order valence-corrected chi connectivity index (χ3v) is 3.64. The average Bonchev–Trinajstić information content (AvgIpc) is 2.47. The van der Waals surface area contributed by atoms with Crippen molar-refractivity contribution in [1.29, 1.82) is 5.26 Å². The van der Waals surface area contributed by atoms with E-state index in [1.807, 2.05) is 74.4 Å². The second kappa shape index (κ2) is 6.07. The topological polar surface area (TPSA) is 39.1 Å². The van der Waals surface area contributed by atoms with Gasteiger partial charge in [0.15, 0.2) is 0 Å². The van der Waals surface area contributed by atoms with Gasteiger partial charge in [-0.3, -0.25) is 0 Å². The van der Waals surface area contributed by atoms with Crippen molar-refractivity contribution in [3.63, 3.8) is 0 Å². The van der Waals surface area contributed by atoms with Crippen LogP contribution in [0.5, 0.6) is 0 Å². The number of hydrogen-bond acceptors (Lipinski definition) is 3. The molecule has 0 saturated carbocycles. The van der Waals surface area contributed by atoms with E-state index in [1.165, 1.54) is 0 Å². The molecule has 0 aliphatic heterocycles. The SMILES string of the molecule is CN(C)c1ccc(C(C)(C#N)Nc2cccc(Cl)c2)cc1. The van der Waals surface area contributed by atoms with Crippen LogP contribution in [0.3, 0.4) is 0 Å². The van der Waals surface area contributed by atoms with Crippen molar-refractivity contribution in [2.45, 2.75) is 12.5 Å². The highest BCUT2D eigenvalue weighted by Crippen LogP contribution is 2.28. The molecule has 0 fully saturated rings. The largest absolute Gasteiger partial charge is 0.378 e.